The molecule has 1 aliphatic heterocycles. The number of rotatable bonds is 5. The number of benzene rings is 1. The zero-order valence-corrected chi connectivity index (χ0v) is 14.9. The van der Waals surface area contributed by atoms with Crippen LogP contribution in [0.5, 0.6) is 0 Å². The third-order valence-corrected chi connectivity index (χ3v) is 4.31. The predicted octanol–water partition coefficient (Wildman–Crippen LogP) is 1.28. The van der Waals surface area contributed by atoms with Crippen LogP contribution in [-0.2, 0) is 22.6 Å². The van der Waals surface area contributed by atoms with E-state index >= 15 is 0 Å². The first-order valence-electron chi connectivity index (χ1n) is 8.53. The van der Waals surface area contributed by atoms with Crippen molar-refractivity contribution < 1.29 is 9.53 Å². The lowest BCUT2D eigenvalue weighted by Gasteiger charge is -2.35. The number of methoxy groups -OCH3 is 1. The van der Waals surface area contributed by atoms with Crippen molar-refractivity contribution in [3.8, 4) is 0 Å². The van der Waals surface area contributed by atoms with E-state index in [0.717, 1.165) is 5.56 Å². The number of fused-ring (bicyclic) bond motifs is 1. The second-order valence-electron chi connectivity index (χ2n) is 6.70. The minimum atomic E-state index is -0.376. The summed E-state index contributed by atoms with van der Waals surface area (Å²) in [6, 6.07) is 9.32. The molecule has 0 aliphatic carbocycles. The summed E-state index contributed by atoms with van der Waals surface area (Å²) in [7, 11) is 1.51. The molecule has 7 heteroatoms. The number of amides is 1. The largest absolute Gasteiger partial charge is 0.375 e. The number of hydrogen-bond donors (Lipinski definition) is 0. The second kappa shape index (κ2) is 7.23. The van der Waals surface area contributed by atoms with Gasteiger partial charge in [0.1, 0.15) is 12.6 Å². The molecular weight excluding hydrogens is 320 g/mol. The standard InChI is InChI=1S/C18H24N4O3/c1-13(2)11-22-18(24)21-10-9-20(15(23)12-25-3)16(17(21)19-22)14-7-5-4-6-8-14/h4-8,13,16H,9-12H2,1-3H3. The van der Waals surface area contributed by atoms with E-state index in [-0.39, 0.29) is 24.2 Å². The van der Waals surface area contributed by atoms with Crippen molar-refractivity contribution >= 4 is 5.91 Å². The minimum Gasteiger partial charge on any atom is -0.375 e. The maximum atomic E-state index is 12.7. The lowest BCUT2D eigenvalue weighted by molar-refractivity contribution is -0.138. The Morgan fingerprint density at radius 1 is 1.28 bits per heavy atom. The van der Waals surface area contributed by atoms with Gasteiger partial charge in [-0.3, -0.25) is 9.36 Å². The van der Waals surface area contributed by atoms with E-state index in [2.05, 4.69) is 5.10 Å². The smallest absolute Gasteiger partial charge is 0.346 e. The van der Waals surface area contributed by atoms with Gasteiger partial charge in [0.15, 0.2) is 5.82 Å². The first kappa shape index (κ1) is 17.4. The lowest BCUT2D eigenvalue weighted by atomic mass is 10.0. The van der Waals surface area contributed by atoms with Gasteiger partial charge in [-0.25, -0.2) is 9.48 Å². The van der Waals surface area contributed by atoms with E-state index in [1.807, 2.05) is 44.2 Å². The number of nitrogens with zero attached hydrogens (tertiary/aromatic N) is 4. The molecule has 3 rings (SSSR count). The van der Waals surface area contributed by atoms with Crippen LogP contribution < -0.4 is 5.69 Å². The molecule has 1 aliphatic rings. The molecule has 1 aromatic carbocycles. The highest BCUT2D eigenvalue weighted by molar-refractivity contribution is 5.78. The van der Waals surface area contributed by atoms with Gasteiger partial charge >= 0.3 is 5.69 Å². The van der Waals surface area contributed by atoms with Crippen LogP contribution in [0.15, 0.2) is 35.1 Å². The summed E-state index contributed by atoms with van der Waals surface area (Å²) in [5.41, 5.74) is 0.832. The summed E-state index contributed by atoms with van der Waals surface area (Å²) >= 11 is 0. The van der Waals surface area contributed by atoms with E-state index < -0.39 is 0 Å². The molecule has 0 saturated heterocycles. The topological polar surface area (TPSA) is 69.4 Å². The minimum absolute atomic E-state index is 0.0142. The molecule has 0 spiro atoms. The van der Waals surface area contributed by atoms with Gasteiger partial charge in [-0.1, -0.05) is 44.2 Å². The van der Waals surface area contributed by atoms with Crippen molar-refractivity contribution in [3.05, 3.63) is 52.2 Å². The average Bonchev–Trinajstić information content (AvgIpc) is 2.90. The van der Waals surface area contributed by atoms with Crippen LogP contribution in [0.3, 0.4) is 0 Å². The van der Waals surface area contributed by atoms with Gasteiger partial charge in [0.2, 0.25) is 5.91 Å². The Kier molecular flexibility index (Phi) is 5.03. The van der Waals surface area contributed by atoms with Crippen molar-refractivity contribution in [2.75, 3.05) is 20.3 Å². The normalized spacial score (nSPS) is 17.0. The molecule has 1 unspecified atom stereocenters. The first-order chi connectivity index (χ1) is 12.0. The summed E-state index contributed by atoms with van der Waals surface area (Å²) in [5.74, 6) is 0.831. The third kappa shape index (κ3) is 3.37. The van der Waals surface area contributed by atoms with Gasteiger partial charge < -0.3 is 9.64 Å². The fraction of sp³-hybridized carbons (Fsp3) is 0.500. The van der Waals surface area contributed by atoms with Crippen molar-refractivity contribution in [2.45, 2.75) is 33.0 Å². The van der Waals surface area contributed by atoms with Gasteiger partial charge in [0.25, 0.3) is 0 Å². The van der Waals surface area contributed by atoms with E-state index in [4.69, 9.17) is 4.74 Å². The van der Waals surface area contributed by atoms with Crippen LogP contribution >= 0.6 is 0 Å². The zero-order valence-electron chi connectivity index (χ0n) is 14.9. The van der Waals surface area contributed by atoms with Gasteiger partial charge in [-0.05, 0) is 11.5 Å². The second-order valence-corrected chi connectivity index (χ2v) is 6.70. The molecule has 1 amide bonds. The van der Waals surface area contributed by atoms with Gasteiger partial charge in [-0.2, -0.15) is 5.10 Å². The molecule has 0 radical (unpaired) electrons. The molecule has 134 valence electrons. The number of aromatic nitrogens is 3. The highest BCUT2D eigenvalue weighted by atomic mass is 16.5. The van der Waals surface area contributed by atoms with E-state index in [1.54, 1.807) is 9.47 Å². The Morgan fingerprint density at radius 2 is 2.00 bits per heavy atom. The molecule has 25 heavy (non-hydrogen) atoms. The molecule has 1 atom stereocenters. The number of carbonyl (C=O) groups excluding carboxylic acids is 1. The Morgan fingerprint density at radius 3 is 2.64 bits per heavy atom. The molecule has 0 N–H and O–H groups in total. The first-order valence-corrected chi connectivity index (χ1v) is 8.53. The lowest BCUT2D eigenvalue weighted by Crippen LogP contribution is -2.46. The molecule has 2 heterocycles. The van der Waals surface area contributed by atoms with E-state index in [9.17, 15) is 9.59 Å². The molecule has 7 nitrogen and oxygen atoms in total. The van der Waals surface area contributed by atoms with E-state index in [0.29, 0.717) is 31.4 Å². The van der Waals surface area contributed by atoms with Crippen molar-refractivity contribution in [1.82, 2.24) is 19.2 Å². The van der Waals surface area contributed by atoms with Gasteiger partial charge in [-0.15, -0.1) is 0 Å². The molecule has 1 aromatic heterocycles. The summed E-state index contributed by atoms with van der Waals surface area (Å²) in [6.45, 7) is 5.58. The fourth-order valence-electron chi connectivity index (χ4n) is 3.25. The molecule has 2 aromatic rings. The Hall–Kier alpha value is -2.41. The zero-order chi connectivity index (χ0) is 18.0. The molecule has 0 saturated carbocycles. The van der Waals surface area contributed by atoms with E-state index in [1.165, 1.54) is 11.8 Å². The maximum Gasteiger partial charge on any atom is 0.346 e. The Labute approximate surface area is 146 Å². The summed E-state index contributed by atoms with van der Waals surface area (Å²) in [6.07, 6.45) is 0. The summed E-state index contributed by atoms with van der Waals surface area (Å²) in [5, 5.41) is 4.57. The number of ether oxygens (including phenoxy) is 1. The SMILES string of the molecule is COCC(=O)N1CCn2c(nn(CC(C)C)c2=O)C1c1ccccc1. The summed E-state index contributed by atoms with van der Waals surface area (Å²) < 4.78 is 8.23. The molecule has 0 fully saturated rings. The van der Waals surface area contributed by atoms with Crippen LogP contribution in [0.1, 0.15) is 31.3 Å². The highest BCUT2D eigenvalue weighted by Gasteiger charge is 2.35. The Balaban J connectivity index is 2.08. The average molecular weight is 344 g/mol. The van der Waals surface area contributed by atoms with Gasteiger partial charge in [0, 0.05) is 26.7 Å². The number of hydrogen-bond acceptors (Lipinski definition) is 4. The molecular formula is C18H24N4O3. The summed E-state index contributed by atoms with van der Waals surface area (Å²) in [4.78, 5) is 27.0. The van der Waals surface area contributed by atoms with Crippen molar-refractivity contribution in [1.29, 1.82) is 0 Å². The third-order valence-electron chi connectivity index (χ3n) is 4.31. The quantitative estimate of drug-likeness (QED) is 0.819. The monoisotopic (exact) mass is 344 g/mol. The number of carbonyl (C=O) groups is 1. The molecule has 0 bridgehead atoms. The van der Waals surface area contributed by atoms with Crippen LogP contribution in [0.4, 0.5) is 0 Å². The van der Waals surface area contributed by atoms with Crippen LogP contribution in [-0.4, -0.2) is 45.4 Å². The van der Waals surface area contributed by atoms with Crippen molar-refractivity contribution in [3.63, 3.8) is 0 Å². The van der Waals surface area contributed by atoms with Crippen LogP contribution in [0.2, 0.25) is 0 Å². The van der Waals surface area contributed by atoms with Crippen LogP contribution in [0.25, 0.3) is 0 Å². The fourth-order valence-corrected chi connectivity index (χ4v) is 3.25. The predicted molar refractivity (Wildman–Crippen MR) is 93.2 cm³/mol. The highest BCUT2D eigenvalue weighted by Crippen LogP contribution is 2.30. The van der Waals surface area contributed by atoms with Crippen LogP contribution in [0, 0.1) is 5.92 Å². The van der Waals surface area contributed by atoms with Gasteiger partial charge in [0.05, 0.1) is 0 Å². The maximum absolute atomic E-state index is 12.7. The van der Waals surface area contributed by atoms with Crippen molar-refractivity contribution in [2.24, 2.45) is 5.92 Å². The Bertz CT molecular complexity index is 794.